The summed E-state index contributed by atoms with van der Waals surface area (Å²) >= 11 is 6.00. The Bertz CT molecular complexity index is 789. The highest BCUT2D eigenvalue weighted by Crippen LogP contribution is 2.23. The Morgan fingerprint density at radius 2 is 1.80 bits per heavy atom. The van der Waals surface area contributed by atoms with Gasteiger partial charge in [-0.25, -0.2) is 5.43 Å². The molecule has 2 rings (SSSR count). The zero-order valence-electron chi connectivity index (χ0n) is 13.6. The lowest BCUT2D eigenvalue weighted by molar-refractivity contribution is -0.124. The number of carbonyl (C=O) groups is 2. The Balaban J connectivity index is 1.76. The SMILES string of the molecule is Cc1c(Cl)cccc1NC(=O)CCC(=O)N/N=C\c1ccc(O)cc1. The number of nitrogens with one attached hydrogen (secondary N) is 2. The largest absolute Gasteiger partial charge is 0.508 e. The van der Waals surface area contributed by atoms with Gasteiger partial charge in [0.1, 0.15) is 5.75 Å². The molecule has 0 unspecified atom stereocenters. The van der Waals surface area contributed by atoms with Gasteiger partial charge in [-0.15, -0.1) is 0 Å². The van der Waals surface area contributed by atoms with Crippen molar-refractivity contribution in [3.8, 4) is 5.75 Å². The summed E-state index contributed by atoms with van der Waals surface area (Å²) < 4.78 is 0. The molecule has 2 aromatic carbocycles. The van der Waals surface area contributed by atoms with Gasteiger partial charge in [-0.1, -0.05) is 17.7 Å². The van der Waals surface area contributed by atoms with Crippen LogP contribution in [0, 0.1) is 6.92 Å². The van der Waals surface area contributed by atoms with Gasteiger partial charge in [-0.3, -0.25) is 9.59 Å². The maximum atomic E-state index is 11.9. The minimum Gasteiger partial charge on any atom is -0.508 e. The van der Waals surface area contributed by atoms with Crippen LogP contribution in [0.1, 0.15) is 24.0 Å². The molecule has 0 radical (unpaired) electrons. The van der Waals surface area contributed by atoms with Crippen molar-refractivity contribution >= 4 is 35.3 Å². The molecule has 0 spiro atoms. The van der Waals surface area contributed by atoms with E-state index in [9.17, 15) is 14.7 Å². The lowest BCUT2D eigenvalue weighted by Crippen LogP contribution is -2.20. The summed E-state index contributed by atoms with van der Waals surface area (Å²) in [5, 5.41) is 16.3. The molecule has 0 aliphatic carbocycles. The second-order valence-corrected chi connectivity index (χ2v) is 5.75. The van der Waals surface area contributed by atoms with Crippen LogP contribution in [0.25, 0.3) is 0 Å². The lowest BCUT2D eigenvalue weighted by atomic mass is 10.2. The Kier molecular flexibility index (Phi) is 6.54. The third-order valence-electron chi connectivity index (χ3n) is 3.42. The molecule has 0 fully saturated rings. The number of phenolic OH excluding ortho intramolecular Hbond substituents is 1. The third-order valence-corrected chi connectivity index (χ3v) is 3.83. The van der Waals surface area contributed by atoms with Crippen molar-refractivity contribution in [1.82, 2.24) is 5.43 Å². The van der Waals surface area contributed by atoms with E-state index in [1.54, 1.807) is 30.3 Å². The quantitative estimate of drug-likeness (QED) is 0.546. The van der Waals surface area contributed by atoms with Gasteiger partial charge in [-0.05, 0) is 54.4 Å². The minimum absolute atomic E-state index is 0.0123. The Hall–Kier alpha value is -2.86. The molecule has 0 aliphatic heterocycles. The van der Waals surface area contributed by atoms with Gasteiger partial charge in [-0.2, -0.15) is 5.10 Å². The molecule has 0 aliphatic rings. The predicted octanol–water partition coefficient (Wildman–Crippen LogP) is 3.22. The van der Waals surface area contributed by atoms with Crippen molar-refractivity contribution in [2.45, 2.75) is 19.8 Å². The summed E-state index contributed by atoms with van der Waals surface area (Å²) in [4.78, 5) is 23.6. The molecule has 0 saturated heterocycles. The molecule has 2 amide bonds. The Morgan fingerprint density at radius 1 is 1.12 bits per heavy atom. The zero-order chi connectivity index (χ0) is 18.2. The summed E-state index contributed by atoms with van der Waals surface area (Å²) in [5.74, 6) is -0.488. The van der Waals surface area contributed by atoms with Gasteiger partial charge in [0.15, 0.2) is 0 Å². The van der Waals surface area contributed by atoms with Crippen molar-refractivity contribution in [3.63, 3.8) is 0 Å². The van der Waals surface area contributed by atoms with Crippen LogP contribution in [-0.4, -0.2) is 23.1 Å². The number of rotatable bonds is 6. The molecule has 0 saturated carbocycles. The molecule has 2 aromatic rings. The summed E-state index contributed by atoms with van der Waals surface area (Å²) in [5.41, 5.74) is 4.49. The maximum absolute atomic E-state index is 11.9. The fourth-order valence-electron chi connectivity index (χ4n) is 1.98. The van der Waals surface area contributed by atoms with E-state index in [0.29, 0.717) is 10.7 Å². The van der Waals surface area contributed by atoms with Crippen LogP contribution < -0.4 is 10.7 Å². The normalized spacial score (nSPS) is 10.6. The van der Waals surface area contributed by atoms with Crippen molar-refractivity contribution in [2.24, 2.45) is 5.10 Å². The highest BCUT2D eigenvalue weighted by atomic mass is 35.5. The minimum atomic E-state index is -0.368. The topological polar surface area (TPSA) is 90.8 Å². The Labute approximate surface area is 150 Å². The number of halogens is 1. The van der Waals surface area contributed by atoms with E-state index < -0.39 is 0 Å². The number of carbonyl (C=O) groups excluding carboxylic acids is 2. The highest BCUT2D eigenvalue weighted by molar-refractivity contribution is 6.31. The van der Waals surface area contributed by atoms with Gasteiger partial charge in [0.2, 0.25) is 11.8 Å². The number of hydrogen-bond acceptors (Lipinski definition) is 4. The first kappa shape index (κ1) is 18.5. The van der Waals surface area contributed by atoms with E-state index in [0.717, 1.165) is 11.1 Å². The molecule has 7 heteroatoms. The summed E-state index contributed by atoms with van der Waals surface area (Å²) in [6.45, 7) is 1.81. The number of benzene rings is 2. The van der Waals surface area contributed by atoms with E-state index in [2.05, 4.69) is 15.8 Å². The van der Waals surface area contributed by atoms with Gasteiger partial charge >= 0.3 is 0 Å². The molecule has 0 heterocycles. The van der Waals surface area contributed by atoms with Crippen LogP contribution in [0.3, 0.4) is 0 Å². The number of phenols is 1. The highest BCUT2D eigenvalue weighted by Gasteiger charge is 2.09. The first-order valence-electron chi connectivity index (χ1n) is 7.61. The van der Waals surface area contributed by atoms with Crippen LogP contribution in [0.2, 0.25) is 5.02 Å². The molecular formula is C18H18ClN3O3. The average Bonchev–Trinajstić information content (AvgIpc) is 2.59. The standard InChI is InChI=1S/C18H18ClN3O3/c1-12-15(19)3-2-4-16(12)21-17(24)9-10-18(25)22-20-11-13-5-7-14(23)8-6-13/h2-8,11,23H,9-10H2,1H3,(H,21,24)(H,22,25)/b20-11-. The molecule has 0 atom stereocenters. The van der Waals surface area contributed by atoms with Gasteiger partial charge < -0.3 is 10.4 Å². The number of nitrogens with zero attached hydrogens (tertiary/aromatic N) is 1. The van der Waals surface area contributed by atoms with Crippen LogP contribution in [0.5, 0.6) is 5.75 Å². The van der Waals surface area contributed by atoms with E-state index >= 15 is 0 Å². The van der Waals surface area contributed by atoms with Gasteiger partial charge in [0.25, 0.3) is 0 Å². The number of hydrazone groups is 1. The first-order valence-corrected chi connectivity index (χ1v) is 7.99. The zero-order valence-corrected chi connectivity index (χ0v) is 14.4. The smallest absolute Gasteiger partial charge is 0.240 e. The number of hydrogen-bond donors (Lipinski definition) is 3. The van der Waals surface area contributed by atoms with E-state index in [1.165, 1.54) is 18.3 Å². The van der Waals surface area contributed by atoms with E-state index in [4.69, 9.17) is 11.6 Å². The maximum Gasteiger partial charge on any atom is 0.240 e. The molecular weight excluding hydrogens is 342 g/mol. The summed E-state index contributed by atoms with van der Waals surface area (Å²) in [7, 11) is 0. The molecule has 25 heavy (non-hydrogen) atoms. The molecule has 3 N–H and O–H groups in total. The third kappa shape index (κ3) is 5.93. The van der Waals surface area contributed by atoms with Crippen LogP contribution in [0.15, 0.2) is 47.6 Å². The predicted molar refractivity (Wildman–Crippen MR) is 97.9 cm³/mol. The summed E-state index contributed by atoms with van der Waals surface area (Å²) in [6.07, 6.45) is 1.50. The van der Waals surface area contributed by atoms with Crippen molar-refractivity contribution in [1.29, 1.82) is 0 Å². The van der Waals surface area contributed by atoms with Gasteiger partial charge in [0, 0.05) is 23.6 Å². The van der Waals surface area contributed by atoms with Gasteiger partial charge in [0.05, 0.1) is 6.21 Å². The molecule has 0 aromatic heterocycles. The van der Waals surface area contributed by atoms with Crippen LogP contribution in [-0.2, 0) is 9.59 Å². The van der Waals surface area contributed by atoms with Crippen LogP contribution >= 0.6 is 11.6 Å². The number of anilines is 1. The van der Waals surface area contributed by atoms with Crippen molar-refractivity contribution in [3.05, 3.63) is 58.6 Å². The number of aromatic hydroxyl groups is 1. The van der Waals surface area contributed by atoms with Crippen LogP contribution in [0.4, 0.5) is 5.69 Å². The first-order chi connectivity index (χ1) is 12.0. The van der Waals surface area contributed by atoms with Crippen molar-refractivity contribution < 1.29 is 14.7 Å². The summed E-state index contributed by atoms with van der Waals surface area (Å²) in [6, 6.07) is 11.6. The lowest BCUT2D eigenvalue weighted by Gasteiger charge is -2.09. The Morgan fingerprint density at radius 3 is 2.52 bits per heavy atom. The van der Waals surface area contributed by atoms with E-state index in [-0.39, 0.29) is 30.4 Å². The van der Waals surface area contributed by atoms with Crippen molar-refractivity contribution in [2.75, 3.05) is 5.32 Å². The average molecular weight is 360 g/mol. The fourth-order valence-corrected chi connectivity index (χ4v) is 2.15. The van der Waals surface area contributed by atoms with E-state index in [1.807, 2.05) is 6.92 Å². The molecule has 130 valence electrons. The number of amides is 2. The second kappa shape index (κ2) is 8.84. The molecule has 0 bridgehead atoms. The molecule has 6 nitrogen and oxygen atoms in total. The monoisotopic (exact) mass is 359 g/mol. The fraction of sp³-hybridized carbons (Fsp3) is 0.167. The second-order valence-electron chi connectivity index (χ2n) is 5.35.